The average molecular weight is 256 g/mol. The molecule has 1 aliphatic rings. The number of benzene rings is 1. The largest absolute Gasteiger partial charge is 0.313 e. The molecule has 2 aromatic rings. The first-order valence-corrected chi connectivity index (χ1v) is 7.12. The summed E-state index contributed by atoms with van der Waals surface area (Å²) in [4.78, 5) is 14.9. The molecule has 3 nitrogen and oxygen atoms in total. The summed E-state index contributed by atoms with van der Waals surface area (Å²) in [7, 11) is 0. The Bertz CT molecular complexity index is 632. The number of aromatic nitrogens is 1. The molecule has 1 aromatic carbocycles. The zero-order valence-corrected chi connectivity index (χ0v) is 11.4. The summed E-state index contributed by atoms with van der Waals surface area (Å²) in [5, 5.41) is 1.86. The van der Waals surface area contributed by atoms with Crippen LogP contribution in [0.2, 0.25) is 0 Å². The van der Waals surface area contributed by atoms with Crippen molar-refractivity contribution >= 4 is 10.8 Å². The highest BCUT2D eigenvalue weighted by atomic mass is 16.1. The number of hydrogen-bond acceptors (Lipinski definition) is 2. The number of nitrogens with zero attached hydrogens (tertiary/aromatic N) is 2. The summed E-state index contributed by atoms with van der Waals surface area (Å²) in [6.07, 6.45) is 4.39. The molecule has 0 saturated carbocycles. The van der Waals surface area contributed by atoms with E-state index in [2.05, 4.69) is 11.8 Å². The summed E-state index contributed by atoms with van der Waals surface area (Å²) < 4.78 is 1.88. The number of hydrogen-bond donors (Lipinski definition) is 0. The third kappa shape index (κ3) is 2.30. The van der Waals surface area contributed by atoms with Crippen molar-refractivity contribution in [3.8, 4) is 0 Å². The van der Waals surface area contributed by atoms with Gasteiger partial charge in [-0.1, -0.05) is 25.1 Å². The van der Waals surface area contributed by atoms with Crippen LogP contribution in [0.5, 0.6) is 0 Å². The summed E-state index contributed by atoms with van der Waals surface area (Å²) in [5.41, 5.74) is 0.140. The van der Waals surface area contributed by atoms with Crippen LogP contribution in [0.3, 0.4) is 0 Å². The van der Waals surface area contributed by atoms with Crippen molar-refractivity contribution in [2.75, 3.05) is 13.1 Å². The second-order valence-electron chi connectivity index (χ2n) is 5.29. The standard InChI is InChI=1S/C16H20N2O/c1-2-17-10-5-7-14(17)12-18-11-9-13-6-3-4-8-15(13)16(18)19/h3-4,6,8-9,11,14H,2,5,7,10,12H2,1H3. The minimum Gasteiger partial charge on any atom is -0.313 e. The Morgan fingerprint density at radius 3 is 2.95 bits per heavy atom. The van der Waals surface area contributed by atoms with Crippen molar-refractivity contribution in [2.45, 2.75) is 32.4 Å². The molecule has 1 unspecified atom stereocenters. The predicted octanol–water partition coefficient (Wildman–Crippen LogP) is 2.49. The zero-order valence-electron chi connectivity index (χ0n) is 11.4. The molecule has 1 aliphatic heterocycles. The van der Waals surface area contributed by atoms with E-state index in [4.69, 9.17) is 0 Å². The second-order valence-corrected chi connectivity index (χ2v) is 5.29. The van der Waals surface area contributed by atoms with Crippen molar-refractivity contribution in [2.24, 2.45) is 0 Å². The van der Waals surface area contributed by atoms with Crippen LogP contribution in [-0.4, -0.2) is 28.6 Å². The van der Waals surface area contributed by atoms with Crippen molar-refractivity contribution in [1.29, 1.82) is 0 Å². The average Bonchev–Trinajstić information content (AvgIpc) is 2.89. The van der Waals surface area contributed by atoms with E-state index < -0.39 is 0 Å². The van der Waals surface area contributed by atoms with Crippen LogP contribution in [0.4, 0.5) is 0 Å². The summed E-state index contributed by atoms with van der Waals surface area (Å²) >= 11 is 0. The van der Waals surface area contributed by atoms with Gasteiger partial charge in [0.05, 0.1) is 0 Å². The van der Waals surface area contributed by atoms with Gasteiger partial charge in [-0.05, 0) is 43.5 Å². The minimum absolute atomic E-state index is 0.140. The monoisotopic (exact) mass is 256 g/mol. The predicted molar refractivity (Wildman–Crippen MR) is 78.5 cm³/mol. The first kappa shape index (κ1) is 12.4. The molecule has 1 aromatic heterocycles. The highest BCUT2D eigenvalue weighted by Crippen LogP contribution is 2.18. The lowest BCUT2D eigenvalue weighted by Crippen LogP contribution is -2.35. The van der Waals surface area contributed by atoms with Gasteiger partial charge in [-0.2, -0.15) is 0 Å². The lowest BCUT2D eigenvalue weighted by Gasteiger charge is -2.23. The van der Waals surface area contributed by atoms with E-state index in [1.165, 1.54) is 19.4 Å². The molecule has 1 saturated heterocycles. The Morgan fingerprint density at radius 2 is 2.11 bits per heavy atom. The van der Waals surface area contributed by atoms with Gasteiger partial charge < -0.3 is 4.57 Å². The lowest BCUT2D eigenvalue weighted by atomic mass is 10.1. The Balaban J connectivity index is 1.93. The van der Waals surface area contributed by atoms with Gasteiger partial charge in [0.25, 0.3) is 5.56 Å². The van der Waals surface area contributed by atoms with Gasteiger partial charge in [0, 0.05) is 24.2 Å². The maximum absolute atomic E-state index is 12.5. The molecular formula is C16H20N2O. The van der Waals surface area contributed by atoms with Crippen LogP contribution in [-0.2, 0) is 6.54 Å². The topological polar surface area (TPSA) is 25.2 Å². The lowest BCUT2D eigenvalue weighted by molar-refractivity contribution is 0.243. The van der Waals surface area contributed by atoms with Crippen LogP contribution in [0, 0.1) is 0 Å². The van der Waals surface area contributed by atoms with Gasteiger partial charge in [0.15, 0.2) is 0 Å². The zero-order chi connectivity index (χ0) is 13.2. The molecule has 0 amide bonds. The van der Waals surface area contributed by atoms with E-state index in [1.54, 1.807) is 0 Å². The van der Waals surface area contributed by atoms with E-state index in [0.717, 1.165) is 23.9 Å². The van der Waals surface area contributed by atoms with Crippen molar-refractivity contribution < 1.29 is 0 Å². The van der Waals surface area contributed by atoms with E-state index in [0.29, 0.717) is 6.04 Å². The fraction of sp³-hybridized carbons (Fsp3) is 0.438. The van der Waals surface area contributed by atoms with Crippen molar-refractivity contribution in [1.82, 2.24) is 9.47 Å². The fourth-order valence-electron chi connectivity index (χ4n) is 3.12. The Kier molecular flexibility index (Phi) is 3.38. The van der Waals surface area contributed by atoms with Crippen LogP contribution < -0.4 is 5.56 Å². The number of rotatable bonds is 3. The SMILES string of the molecule is CCN1CCCC1Cn1ccc2ccccc2c1=O. The van der Waals surface area contributed by atoms with Gasteiger partial charge in [-0.15, -0.1) is 0 Å². The van der Waals surface area contributed by atoms with E-state index in [-0.39, 0.29) is 5.56 Å². The van der Waals surface area contributed by atoms with Crippen LogP contribution in [0.25, 0.3) is 10.8 Å². The molecule has 0 radical (unpaired) electrons. The molecule has 3 rings (SSSR count). The van der Waals surface area contributed by atoms with Gasteiger partial charge in [-0.3, -0.25) is 9.69 Å². The number of pyridine rings is 1. The molecular weight excluding hydrogens is 236 g/mol. The molecule has 3 heteroatoms. The highest BCUT2D eigenvalue weighted by Gasteiger charge is 2.23. The molecule has 0 bridgehead atoms. The first-order chi connectivity index (χ1) is 9.29. The second kappa shape index (κ2) is 5.17. The minimum atomic E-state index is 0.140. The number of fused-ring (bicyclic) bond motifs is 1. The first-order valence-electron chi connectivity index (χ1n) is 7.12. The molecule has 100 valence electrons. The summed E-state index contributed by atoms with van der Waals surface area (Å²) in [6.45, 7) is 5.26. The Labute approximate surface area is 113 Å². The van der Waals surface area contributed by atoms with E-state index >= 15 is 0 Å². The smallest absolute Gasteiger partial charge is 0.258 e. The fourth-order valence-corrected chi connectivity index (χ4v) is 3.12. The van der Waals surface area contributed by atoms with Crippen LogP contribution >= 0.6 is 0 Å². The molecule has 1 atom stereocenters. The molecule has 0 N–H and O–H groups in total. The quantitative estimate of drug-likeness (QED) is 0.843. The maximum atomic E-state index is 12.5. The van der Waals surface area contributed by atoms with Gasteiger partial charge in [-0.25, -0.2) is 0 Å². The van der Waals surface area contributed by atoms with E-state index in [1.807, 2.05) is 41.1 Å². The van der Waals surface area contributed by atoms with Crippen LogP contribution in [0.15, 0.2) is 41.3 Å². The number of likely N-dealkylation sites (tertiary alicyclic amines) is 1. The number of likely N-dealkylation sites (N-methyl/N-ethyl adjacent to an activating group) is 1. The maximum Gasteiger partial charge on any atom is 0.258 e. The molecule has 0 aliphatic carbocycles. The van der Waals surface area contributed by atoms with Crippen molar-refractivity contribution in [3.63, 3.8) is 0 Å². The molecule has 2 heterocycles. The molecule has 19 heavy (non-hydrogen) atoms. The van der Waals surface area contributed by atoms with Crippen molar-refractivity contribution in [3.05, 3.63) is 46.9 Å². The Hall–Kier alpha value is -1.61. The van der Waals surface area contributed by atoms with E-state index in [9.17, 15) is 4.79 Å². The third-order valence-corrected chi connectivity index (χ3v) is 4.20. The normalized spacial score (nSPS) is 20.2. The van der Waals surface area contributed by atoms with Gasteiger partial charge in [0.2, 0.25) is 0 Å². The van der Waals surface area contributed by atoms with Crippen LogP contribution in [0.1, 0.15) is 19.8 Å². The highest BCUT2D eigenvalue weighted by molar-refractivity contribution is 5.81. The Morgan fingerprint density at radius 1 is 1.26 bits per heavy atom. The van der Waals surface area contributed by atoms with Gasteiger partial charge in [0.1, 0.15) is 0 Å². The molecule has 0 spiro atoms. The third-order valence-electron chi connectivity index (χ3n) is 4.20. The summed E-state index contributed by atoms with van der Waals surface area (Å²) in [5.74, 6) is 0. The molecule has 1 fully saturated rings. The van der Waals surface area contributed by atoms with Gasteiger partial charge >= 0.3 is 0 Å². The summed E-state index contributed by atoms with van der Waals surface area (Å²) in [6, 6.07) is 10.4.